The molecule has 100 valence electrons. The molecule has 0 bridgehead atoms. The lowest BCUT2D eigenvalue weighted by Crippen LogP contribution is -2.33. The van der Waals surface area contributed by atoms with Gasteiger partial charge in [-0.05, 0) is 43.2 Å². The fourth-order valence-electron chi connectivity index (χ4n) is 3.10. The number of para-hydroxylation sites is 2. The zero-order valence-electron chi connectivity index (χ0n) is 11.6. The van der Waals surface area contributed by atoms with Crippen molar-refractivity contribution in [3.63, 3.8) is 0 Å². The van der Waals surface area contributed by atoms with E-state index in [-0.39, 0.29) is 0 Å². The quantitative estimate of drug-likeness (QED) is 0.885. The average molecular weight is 255 g/mol. The minimum Gasteiger partial charge on any atom is -0.366 e. The van der Waals surface area contributed by atoms with Crippen LogP contribution in [0.1, 0.15) is 33.1 Å². The van der Waals surface area contributed by atoms with Gasteiger partial charge in [0.1, 0.15) is 5.82 Å². The number of aromatic nitrogens is 2. The van der Waals surface area contributed by atoms with E-state index in [2.05, 4.69) is 29.1 Å². The van der Waals surface area contributed by atoms with Gasteiger partial charge in [-0.15, -0.1) is 0 Å². The first-order valence-corrected chi connectivity index (χ1v) is 7.20. The minimum atomic E-state index is 0.534. The summed E-state index contributed by atoms with van der Waals surface area (Å²) in [6.45, 7) is 4.68. The van der Waals surface area contributed by atoms with Crippen molar-refractivity contribution >= 4 is 16.9 Å². The number of fused-ring (bicyclic) bond motifs is 1. The maximum absolute atomic E-state index is 4.65. The molecule has 0 saturated heterocycles. The number of nitrogens with one attached hydrogen (secondary N) is 1. The Bertz CT molecular complexity index is 567. The average Bonchev–Trinajstić information content (AvgIpc) is 2.42. The van der Waals surface area contributed by atoms with E-state index in [1.807, 2.05) is 30.5 Å². The van der Waals surface area contributed by atoms with Crippen molar-refractivity contribution < 1.29 is 0 Å². The largest absolute Gasteiger partial charge is 0.366 e. The Hall–Kier alpha value is -1.64. The lowest BCUT2D eigenvalue weighted by molar-refractivity contribution is 0.276. The lowest BCUT2D eigenvalue weighted by atomic mass is 9.80. The molecule has 1 aromatic carbocycles. The van der Waals surface area contributed by atoms with Crippen LogP contribution in [0.5, 0.6) is 0 Å². The van der Waals surface area contributed by atoms with Gasteiger partial charge in [0.05, 0.1) is 17.2 Å². The molecule has 1 N–H and O–H groups in total. The summed E-state index contributed by atoms with van der Waals surface area (Å²) in [7, 11) is 0. The monoisotopic (exact) mass is 255 g/mol. The van der Waals surface area contributed by atoms with Gasteiger partial charge in [-0.1, -0.05) is 26.0 Å². The molecule has 3 unspecified atom stereocenters. The molecule has 3 rings (SSSR count). The highest BCUT2D eigenvalue weighted by Gasteiger charge is 2.25. The minimum absolute atomic E-state index is 0.534. The van der Waals surface area contributed by atoms with Crippen molar-refractivity contribution in [2.45, 2.75) is 39.2 Å². The van der Waals surface area contributed by atoms with Crippen molar-refractivity contribution in [2.75, 3.05) is 5.32 Å². The Morgan fingerprint density at radius 1 is 1.11 bits per heavy atom. The predicted molar refractivity (Wildman–Crippen MR) is 79.1 cm³/mol. The van der Waals surface area contributed by atoms with Gasteiger partial charge in [-0.25, -0.2) is 4.98 Å². The first-order valence-electron chi connectivity index (χ1n) is 7.20. The third-order valence-corrected chi connectivity index (χ3v) is 4.21. The van der Waals surface area contributed by atoms with Gasteiger partial charge in [0.2, 0.25) is 0 Å². The molecule has 1 heterocycles. The highest BCUT2D eigenvalue weighted by atomic mass is 15.0. The van der Waals surface area contributed by atoms with Crippen LogP contribution in [0.4, 0.5) is 5.82 Å². The Morgan fingerprint density at radius 2 is 1.89 bits per heavy atom. The van der Waals surface area contributed by atoms with Crippen LogP contribution in [0.15, 0.2) is 30.5 Å². The smallest absolute Gasteiger partial charge is 0.145 e. The Morgan fingerprint density at radius 3 is 2.68 bits per heavy atom. The summed E-state index contributed by atoms with van der Waals surface area (Å²) in [5.41, 5.74) is 1.92. The third-order valence-electron chi connectivity index (χ3n) is 4.21. The molecule has 0 aliphatic heterocycles. The van der Waals surface area contributed by atoms with Crippen molar-refractivity contribution in [3.05, 3.63) is 30.5 Å². The molecular formula is C16H21N3. The van der Waals surface area contributed by atoms with E-state index in [4.69, 9.17) is 0 Å². The summed E-state index contributed by atoms with van der Waals surface area (Å²) in [5.74, 6) is 2.47. The van der Waals surface area contributed by atoms with E-state index in [1.54, 1.807) is 0 Å². The number of nitrogens with zero attached hydrogens (tertiary/aromatic N) is 2. The molecule has 0 spiro atoms. The molecule has 19 heavy (non-hydrogen) atoms. The molecule has 2 aromatic rings. The molecule has 3 atom stereocenters. The van der Waals surface area contributed by atoms with E-state index >= 15 is 0 Å². The first kappa shape index (κ1) is 12.4. The Labute approximate surface area is 114 Å². The summed E-state index contributed by atoms with van der Waals surface area (Å²) >= 11 is 0. The topological polar surface area (TPSA) is 37.8 Å². The fourth-order valence-corrected chi connectivity index (χ4v) is 3.10. The molecule has 0 radical (unpaired) electrons. The normalized spacial score (nSPS) is 27.4. The SMILES string of the molecule is CC1CCC(Nc2cnc3ccccc3n2)C(C)C1. The van der Waals surface area contributed by atoms with Gasteiger partial charge in [0.15, 0.2) is 0 Å². The van der Waals surface area contributed by atoms with Crippen LogP contribution in [0.25, 0.3) is 11.0 Å². The summed E-state index contributed by atoms with van der Waals surface area (Å²) in [6.07, 6.45) is 5.70. The van der Waals surface area contributed by atoms with E-state index in [0.29, 0.717) is 12.0 Å². The number of hydrogen-bond acceptors (Lipinski definition) is 3. The lowest BCUT2D eigenvalue weighted by Gasteiger charge is -2.33. The maximum atomic E-state index is 4.65. The second kappa shape index (κ2) is 5.16. The molecule has 3 nitrogen and oxygen atoms in total. The van der Waals surface area contributed by atoms with Gasteiger partial charge >= 0.3 is 0 Å². The Balaban J connectivity index is 1.77. The highest BCUT2D eigenvalue weighted by molar-refractivity contribution is 5.75. The van der Waals surface area contributed by atoms with Gasteiger partial charge < -0.3 is 5.32 Å². The van der Waals surface area contributed by atoms with Gasteiger partial charge in [-0.2, -0.15) is 0 Å². The van der Waals surface area contributed by atoms with Crippen LogP contribution >= 0.6 is 0 Å². The van der Waals surface area contributed by atoms with Crippen molar-refractivity contribution in [1.82, 2.24) is 9.97 Å². The van der Waals surface area contributed by atoms with Crippen molar-refractivity contribution in [1.29, 1.82) is 0 Å². The van der Waals surface area contributed by atoms with E-state index < -0.39 is 0 Å². The van der Waals surface area contributed by atoms with Gasteiger partial charge in [0, 0.05) is 6.04 Å². The Kier molecular flexibility index (Phi) is 3.36. The van der Waals surface area contributed by atoms with E-state index in [0.717, 1.165) is 22.8 Å². The molecule has 1 fully saturated rings. The van der Waals surface area contributed by atoms with Crippen LogP contribution in [0, 0.1) is 11.8 Å². The second-order valence-corrected chi connectivity index (χ2v) is 5.89. The number of anilines is 1. The van der Waals surface area contributed by atoms with Crippen LogP contribution in [0.2, 0.25) is 0 Å². The van der Waals surface area contributed by atoms with Crippen LogP contribution < -0.4 is 5.32 Å². The standard InChI is InChI=1S/C16H21N3/c1-11-7-8-13(12(2)9-11)18-16-10-17-14-5-3-4-6-15(14)19-16/h3-6,10-13H,7-9H2,1-2H3,(H,18,19). The predicted octanol–water partition coefficient (Wildman–Crippen LogP) is 3.87. The van der Waals surface area contributed by atoms with E-state index in [1.165, 1.54) is 19.3 Å². The summed E-state index contributed by atoms with van der Waals surface area (Å²) in [4.78, 5) is 9.11. The molecular weight excluding hydrogens is 234 g/mol. The van der Waals surface area contributed by atoms with Crippen molar-refractivity contribution in [3.8, 4) is 0 Å². The zero-order valence-corrected chi connectivity index (χ0v) is 11.6. The first-order chi connectivity index (χ1) is 9.22. The van der Waals surface area contributed by atoms with Crippen molar-refractivity contribution in [2.24, 2.45) is 11.8 Å². The van der Waals surface area contributed by atoms with Gasteiger partial charge in [0.25, 0.3) is 0 Å². The number of benzene rings is 1. The maximum Gasteiger partial charge on any atom is 0.145 e. The third kappa shape index (κ3) is 2.70. The second-order valence-electron chi connectivity index (χ2n) is 5.89. The molecule has 1 aromatic heterocycles. The summed E-state index contributed by atoms with van der Waals surface area (Å²) < 4.78 is 0. The molecule has 1 aliphatic carbocycles. The highest BCUT2D eigenvalue weighted by Crippen LogP contribution is 2.30. The number of rotatable bonds is 2. The van der Waals surface area contributed by atoms with Gasteiger partial charge in [-0.3, -0.25) is 4.98 Å². The zero-order chi connectivity index (χ0) is 13.2. The molecule has 1 aliphatic rings. The number of hydrogen-bond donors (Lipinski definition) is 1. The van der Waals surface area contributed by atoms with Crippen LogP contribution in [-0.4, -0.2) is 16.0 Å². The molecule has 1 saturated carbocycles. The molecule has 3 heteroatoms. The molecule has 0 amide bonds. The summed E-state index contributed by atoms with van der Waals surface area (Å²) in [5, 5.41) is 3.57. The van der Waals surface area contributed by atoms with Crippen LogP contribution in [0.3, 0.4) is 0 Å². The van der Waals surface area contributed by atoms with E-state index in [9.17, 15) is 0 Å². The van der Waals surface area contributed by atoms with Crippen LogP contribution in [-0.2, 0) is 0 Å². The summed E-state index contributed by atoms with van der Waals surface area (Å²) in [6, 6.07) is 8.55. The fraction of sp³-hybridized carbons (Fsp3) is 0.500.